The molecule has 7 heteroatoms. The number of halogens is 2. The van der Waals surface area contributed by atoms with Crippen LogP contribution >= 0.6 is 23.2 Å². The number of rotatable bonds is 9. The highest BCUT2D eigenvalue weighted by molar-refractivity contribution is 6.37. The van der Waals surface area contributed by atoms with Gasteiger partial charge in [-0.1, -0.05) is 41.4 Å². The number of aldehydes is 1. The number of likely N-dealkylation sites (N-methyl/N-ethyl adjacent to an activating group) is 1. The zero-order chi connectivity index (χ0) is 27.3. The number of anilines is 2. The van der Waals surface area contributed by atoms with Crippen LogP contribution in [0.15, 0.2) is 48.5 Å². The van der Waals surface area contributed by atoms with Crippen LogP contribution in [0.3, 0.4) is 0 Å². The summed E-state index contributed by atoms with van der Waals surface area (Å²) in [7, 11) is 4.16. The Labute approximate surface area is 238 Å². The monoisotopic (exact) mass is 559 g/mol. The summed E-state index contributed by atoms with van der Waals surface area (Å²) in [4.78, 5) is 19.9. The minimum atomic E-state index is -0.119. The summed E-state index contributed by atoms with van der Waals surface area (Å²) >= 11 is 12.7. The van der Waals surface area contributed by atoms with Gasteiger partial charge in [-0.15, -0.1) is 0 Å². The van der Waals surface area contributed by atoms with Gasteiger partial charge in [-0.2, -0.15) is 0 Å². The van der Waals surface area contributed by atoms with Crippen molar-refractivity contribution in [2.45, 2.75) is 43.9 Å². The molecule has 0 amide bonds. The maximum Gasteiger partial charge on any atom is 0.154 e. The zero-order valence-electron chi connectivity index (χ0n) is 22.1. The van der Waals surface area contributed by atoms with Crippen molar-refractivity contribution in [2.75, 3.05) is 26.0 Å². The topological polar surface area (TPSA) is 65.5 Å². The molecular weight excluding hydrogens is 529 g/mol. The lowest BCUT2D eigenvalue weighted by molar-refractivity contribution is 0.112. The fourth-order valence-electron chi connectivity index (χ4n) is 5.35. The third kappa shape index (κ3) is 5.23. The maximum absolute atomic E-state index is 12.6. The van der Waals surface area contributed by atoms with E-state index in [9.17, 15) is 9.90 Å². The van der Waals surface area contributed by atoms with Crippen molar-refractivity contribution in [2.24, 2.45) is 0 Å². The lowest BCUT2D eigenvalue weighted by atomic mass is 9.90. The van der Waals surface area contributed by atoms with Crippen LogP contribution < -0.4 is 5.32 Å². The van der Waals surface area contributed by atoms with Crippen LogP contribution in [0, 0.1) is 0 Å². The standard InChI is InChI=1S/C32H31Cl2N3O2/c1-37(2)14-13-18-3-9-22(10-4-18)35-31-24(17-38)30(20-7-8-20)36-27-12-11-23(28(29(27)31)19-5-6-19)21-15-25(33)32(39)26(34)16-21/h3-4,9-12,15-17,19-20,39H,5-8,13-14H2,1-2H3,(H,35,36). The van der Waals surface area contributed by atoms with Crippen molar-refractivity contribution >= 4 is 51.8 Å². The highest BCUT2D eigenvalue weighted by Gasteiger charge is 2.34. The number of carbonyl (C=O) groups excluding carboxylic acids is 1. The van der Waals surface area contributed by atoms with Crippen LogP contribution in [0.25, 0.3) is 22.0 Å². The number of aromatic hydroxyl groups is 1. The van der Waals surface area contributed by atoms with Gasteiger partial charge >= 0.3 is 0 Å². The second kappa shape index (κ2) is 10.5. The zero-order valence-corrected chi connectivity index (χ0v) is 23.6. The van der Waals surface area contributed by atoms with Crippen LogP contribution in [-0.4, -0.2) is 41.9 Å². The van der Waals surface area contributed by atoms with Gasteiger partial charge in [-0.25, -0.2) is 0 Å². The Morgan fingerprint density at radius 3 is 2.26 bits per heavy atom. The van der Waals surface area contributed by atoms with Gasteiger partial charge in [-0.05, 0) is 105 Å². The Bertz CT molecular complexity index is 1550. The van der Waals surface area contributed by atoms with Crippen LogP contribution in [0.1, 0.15) is 64.7 Å². The second-order valence-electron chi connectivity index (χ2n) is 11.0. The van der Waals surface area contributed by atoms with Crippen LogP contribution in [0.2, 0.25) is 10.0 Å². The number of benzene rings is 3. The molecule has 2 aliphatic rings. The Balaban J connectivity index is 1.54. The first-order chi connectivity index (χ1) is 18.8. The Kier molecular flexibility index (Phi) is 7.00. The van der Waals surface area contributed by atoms with E-state index < -0.39 is 0 Å². The van der Waals surface area contributed by atoms with E-state index in [4.69, 9.17) is 28.2 Å². The molecule has 2 fully saturated rings. The van der Waals surface area contributed by atoms with Crippen molar-refractivity contribution < 1.29 is 9.90 Å². The van der Waals surface area contributed by atoms with Gasteiger partial charge in [0, 0.05) is 23.5 Å². The fourth-order valence-corrected chi connectivity index (χ4v) is 5.84. The van der Waals surface area contributed by atoms with Gasteiger partial charge in [-0.3, -0.25) is 9.78 Å². The molecule has 4 aromatic rings. The van der Waals surface area contributed by atoms with Crippen molar-refractivity contribution in [3.8, 4) is 16.9 Å². The van der Waals surface area contributed by atoms with Gasteiger partial charge in [0.15, 0.2) is 12.0 Å². The Morgan fingerprint density at radius 1 is 1.00 bits per heavy atom. The summed E-state index contributed by atoms with van der Waals surface area (Å²) in [5, 5.41) is 15.2. The molecule has 0 spiro atoms. The molecule has 0 unspecified atom stereocenters. The summed E-state index contributed by atoms with van der Waals surface area (Å²) < 4.78 is 0. The van der Waals surface area contributed by atoms with Gasteiger partial charge in [0.25, 0.3) is 0 Å². The number of pyridine rings is 1. The highest BCUT2D eigenvalue weighted by atomic mass is 35.5. The van der Waals surface area contributed by atoms with E-state index in [0.29, 0.717) is 17.4 Å². The first-order valence-electron chi connectivity index (χ1n) is 13.5. The van der Waals surface area contributed by atoms with Gasteiger partial charge < -0.3 is 15.3 Å². The SMILES string of the molecule is CN(C)CCc1ccc(Nc2c(C=O)c(C3CC3)nc3ccc(-c4cc(Cl)c(O)c(Cl)c4)c(C4CC4)c23)cc1. The number of nitrogens with one attached hydrogen (secondary N) is 1. The lowest BCUT2D eigenvalue weighted by Gasteiger charge is -2.21. The smallest absolute Gasteiger partial charge is 0.154 e. The van der Waals surface area contributed by atoms with E-state index >= 15 is 0 Å². The first-order valence-corrected chi connectivity index (χ1v) is 14.2. The number of carbonyl (C=O) groups is 1. The molecule has 1 aromatic heterocycles. The molecule has 1 heterocycles. The number of nitrogens with zero attached hydrogens (tertiary/aromatic N) is 2. The molecule has 39 heavy (non-hydrogen) atoms. The average Bonchev–Trinajstić information content (AvgIpc) is 3.84. The summed E-state index contributed by atoms with van der Waals surface area (Å²) in [6.07, 6.45) is 6.17. The summed E-state index contributed by atoms with van der Waals surface area (Å²) in [6, 6.07) is 16.1. The lowest BCUT2D eigenvalue weighted by Crippen LogP contribution is -2.14. The third-order valence-electron chi connectivity index (χ3n) is 7.73. The van der Waals surface area contributed by atoms with Crippen molar-refractivity contribution in [1.29, 1.82) is 0 Å². The van der Waals surface area contributed by atoms with Crippen molar-refractivity contribution in [3.05, 3.63) is 81.0 Å². The normalized spacial score (nSPS) is 15.2. The molecule has 6 rings (SSSR count). The number of phenolic OH excluding ortho intramolecular Hbond substituents is 1. The molecule has 0 saturated heterocycles. The second-order valence-corrected chi connectivity index (χ2v) is 11.9. The minimum Gasteiger partial charge on any atom is -0.505 e. The fraction of sp³-hybridized carbons (Fsp3) is 0.312. The molecule has 200 valence electrons. The molecular formula is C32H31Cl2N3O2. The maximum atomic E-state index is 12.6. The number of fused-ring (bicyclic) bond motifs is 1. The number of hydrogen-bond donors (Lipinski definition) is 2. The van der Waals surface area contributed by atoms with Crippen LogP contribution in [0.4, 0.5) is 11.4 Å². The van der Waals surface area contributed by atoms with Crippen molar-refractivity contribution in [3.63, 3.8) is 0 Å². The van der Waals surface area contributed by atoms with Gasteiger partial charge in [0.05, 0.1) is 32.5 Å². The van der Waals surface area contributed by atoms with E-state index in [1.807, 2.05) is 6.07 Å². The van der Waals surface area contributed by atoms with Gasteiger partial charge in [0.1, 0.15) is 0 Å². The molecule has 3 aromatic carbocycles. The number of hydrogen-bond acceptors (Lipinski definition) is 5. The largest absolute Gasteiger partial charge is 0.505 e. The molecule has 0 atom stereocenters. The molecule has 0 aliphatic heterocycles. The Morgan fingerprint density at radius 2 is 1.67 bits per heavy atom. The summed E-state index contributed by atoms with van der Waals surface area (Å²) in [5.41, 5.74) is 8.40. The predicted octanol–water partition coefficient (Wildman–Crippen LogP) is 8.33. The van der Waals surface area contributed by atoms with E-state index in [0.717, 1.165) is 89.6 Å². The van der Waals surface area contributed by atoms with Crippen molar-refractivity contribution in [1.82, 2.24) is 9.88 Å². The Hall–Kier alpha value is -3.12. The highest BCUT2D eigenvalue weighted by Crippen LogP contribution is 2.52. The minimum absolute atomic E-state index is 0.119. The molecule has 5 nitrogen and oxygen atoms in total. The van der Waals surface area contributed by atoms with Gasteiger partial charge in [0.2, 0.25) is 0 Å². The number of phenols is 1. The first kappa shape index (κ1) is 26.1. The number of aromatic nitrogens is 1. The van der Waals surface area contributed by atoms with E-state index in [1.54, 1.807) is 12.1 Å². The molecule has 2 N–H and O–H groups in total. The van der Waals surface area contributed by atoms with Crippen LogP contribution in [-0.2, 0) is 6.42 Å². The summed E-state index contributed by atoms with van der Waals surface area (Å²) in [5.74, 6) is 0.547. The molecule has 2 aliphatic carbocycles. The van der Waals surface area contributed by atoms with E-state index in [1.165, 1.54) is 5.56 Å². The molecule has 2 saturated carbocycles. The quantitative estimate of drug-likeness (QED) is 0.202. The summed E-state index contributed by atoms with van der Waals surface area (Å²) in [6.45, 7) is 0.987. The van der Waals surface area contributed by atoms with Crippen LogP contribution in [0.5, 0.6) is 5.75 Å². The van der Waals surface area contributed by atoms with E-state index in [2.05, 4.69) is 54.6 Å². The molecule has 0 bridgehead atoms. The predicted molar refractivity (Wildman–Crippen MR) is 160 cm³/mol. The third-order valence-corrected chi connectivity index (χ3v) is 8.30. The van der Waals surface area contributed by atoms with E-state index in [-0.39, 0.29) is 15.8 Å². The molecule has 0 radical (unpaired) electrons. The average molecular weight is 561 g/mol.